The van der Waals surface area contributed by atoms with E-state index in [2.05, 4.69) is 29.5 Å². The number of rotatable bonds is 11. The molecule has 0 rings (SSSR count). The monoisotopic (exact) mass is 319 g/mol. The number of unbranched alkanes of at least 4 members (excludes halogenated alkanes) is 1. The summed E-state index contributed by atoms with van der Waals surface area (Å²) in [4.78, 5) is 4.58. The van der Waals surface area contributed by atoms with Gasteiger partial charge in [0.1, 0.15) is 0 Å². The summed E-state index contributed by atoms with van der Waals surface area (Å²) in [6.07, 6.45) is 4.80. The van der Waals surface area contributed by atoms with Crippen LogP contribution in [0.2, 0.25) is 0 Å². The summed E-state index contributed by atoms with van der Waals surface area (Å²) in [7, 11) is -2.92. The molecule has 6 heteroatoms. The maximum atomic E-state index is 11.5. The Kier molecular flexibility index (Phi) is 11.4. The van der Waals surface area contributed by atoms with Crippen molar-refractivity contribution in [2.24, 2.45) is 10.9 Å². The Morgan fingerprint density at radius 1 is 1.14 bits per heavy atom. The van der Waals surface area contributed by atoms with Gasteiger partial charge in [-0.05, 0) is 19.3 Å². The zero-order chi connectivity index (χ0) is 16.1. The van der Waals surface area contributed by atoms with Crippen molar-refractivity contribution in [2.75, 3.05) is 31.1 Å². The fourth-order valence-electron chi connectivity index (χ4n) is 1.95. The van der Waals surface area contributed by atoms with E-state index < -0.39 is 9.84 Å². The minimum atomic E-state index is -2.92. The Labute approximate surface area is 130 Å². The molecule has 0 aromatic carbocycles. The molecule has 0 aliphatic rings. The van der Waals surface area contributed by atoms with E-state index in [1.165, 1.54) is 19.3 Å². The van der Waals surface area contributed by atoms with Crippen LogP contribution in [0.5, 0.6) is 0 Å². The molecule has 0 bridgehead atoms. The van der Waals surface area contributed by atoms with E-state index in [0.717, 1.165) is 25.5 Å². The Morgan fingerprint density at radius 2 is 1.86 bits per heavy atom. The average molecular weight is 320 g/mol. The van der Waals surface area contributed by atoms with Crippen molar-refractivity contribution in [3.63, 3.8) is 0 Å². The Hall–Kier alpha value is -0.780. The lowest BCUT2D eigenvalue weighted by Crippen LogP contribution is -2.40. The van der Waals surface area contributed by atoms with Crippen LogP contribution in [0.4, 0.5) is 0 Å². The second-order valence-electron chi connectivity index (χ2n) is 5.30. The zero-order valence-electron chi connectivity index (χ0n) is 14.1. The van der Waals surface area contributed by atoms with Gasteiger partial charge in [0.2, 0.25) is 0 Å². The van der Waals surface area contributed by atoms with Crippen molar-refractivity contribution in [3.8, 4) is 0 Å². The molecule has 2 N–H and O–H groups in total. The van der Waals surface area contributed by atoms with Gasteiger partial charge >= 0.3 is 0 Å². The van der Waals surface area contributed by atoms with Gasteiger partial charge in [0, 0.05) is 25.4 Å². The van der Waals surface area contributed by atoms with Crippen LogP contribution in [-0.4, -0.2) is 45.5 Å². The second-order valence-corrected chi connectivity index (χ2v) is 7.77. The molecular weight excluding hydrogens is 286 g/mol. The van der Waals surface area contributed by atoms with Crippen LogP contribution in [0, 0.1) is 5.92 Å². The standard InChI is InChI=1S/C15H33N3O2S/c1-5-9-10-14(6-2)13-18-15(16-7-3)17-11-12-21(19,20)8-4/h14H,5-13H2,1-4H3,(H2,16,17,18). The number of hydrogen-bond acceptors (Lipinski definition) is 3. The number of sulfone groups is 1. The highest BCUT2D eigenvalue weighted by Gasteiger charge is 2.08. The third-order valence-corrected chi connectivity index (χ3v) is 5.25. The fourth-order valence-corrected chi connectivity index (χ4v) is 2.65. The summed E-state index contributed by atoms with van der Waals surface area (Å²) < 4.78 is 22.9. The molecule has 0 fully saturated rings. The minimum Gasteiger partial charge on any atom is -0.357 e. The van der Waals surface area contributed by atoms with Gasteiger partial charge < -0.3 is 10.6 Å². The first-order chi connectivity index (χ1) is 9.99. The third kappa shape index (κ3) is 10.6. The molecule has 0 amide bonds. The molecule has 0 spiro atoms. The largest absolute Gasteiger partial charge is 0.357 e. The summed E-state index contributed by atoms with van der Waals surface area (Å²) in [5, 5.41) is 6.27. The minimum absolute atomic E-state index is 0.154. The van der Waals surface area contributed by atoms with Gasteiger partial charge in [0.05, 0.1) is 5.75 Å². The lowest BCUT2D eigenvalue weighted by Gasteiger charge is -2.15. The van der Waals surface area contributed by atoms with Crippen molar-refractivity contribution in [1.82, 2.24) is 10.6 Å². The van der Waals surface area contributed by atoms with Gasteiger partial charge in [0.15, 0.2) is 15.8 Å². The Balaban J connectivity index is 4.34. The van der Waals surface area contributed by atoms with E-state index in [1.807, 2.05) is 6.92 Å². The van der Waals surface area contributed by atoms with Crippen LogP contribution < -0.4 is 10.6 Å². The first-order valence-corrected chi connectivity index (χ1v) is 10.0. The number of aliphatic imine (C=N–C) groups is 1. The molecule has 0 saturated heterocycles. The Morgan fingerprint density at radius 3 is 2.38 bits per heavy atom. The summed E-state index contributed by atoms with van der Waals surface area (Å²) >= 11 is 0. The van der Waals surface area contributed by atoms with Crippen LogP contribution in [-0.2, 0) is 9.84 Å². The molecule has 0 aromatic rings. The highest BCUT2D eigenvalue weighted by molar-refractivity contribution is 7.91. The topological polar surface area (TPSA) is 70.6 Å². The maximum Gasteiger partial charge on any atom is 0.191 e. The first-order valence-electron chi connectivity index (χ1n) is 8.21. The number of guanidine groups is 1. The van der Waals surface area contributed by atoms with Crippen molar-refractivity contribution < 1.29 is 8.42 Å². The lowest BCUT2D eigenvalue weighted by atomic mass is 10.00. The third-order valence-electron chi connectivity index (χ3n) is 3.54. The van der Waals surface area contributed by atoms with E-state index in [1.54, 1.807) is 6.92 Å². The predicted octanol–water partition coefficient (Wildman–Crippen LogP) is 2.19. The molecule has 126 valence electrons. The SMILES string of the molecule is CCCCC(CC)CN=C(NCC)NCCS(=O)(=O)CC. The lowest BCUT2D eigenvalue weighted by molar-refractivity contribution is 0.461. The summed E-state index contributed by atoms with van der Waals surface area (Å²) in [5.74, 6) is 1.68. The first kappa shape index (κ1) is 20.2. The average Bonchev–Trinajstić information content (AvgIpc) is 2.47. The van der Waals surface area contributed by atoms with E-state index in [0.29, 0.717) is 12.5 Å². The molecule has 5 nitrogen and oxygen atoms in total. The Bertz CT molecular complexity index is 380. The maximum absolute atomic E-state index is 11.5. The molecule has 0 saturated carbocycles. The van der Waals surface area contributed by atoms with Gasteiger partial charge in [0.25, 0.3) is 0 Å². The summed E-state index contributed by atoms with van der Waals surface area (Å²) in [5.41, 5.74) is 0. The molecule has 1 unspecified atom stereocenters. The molecule has 21 heavy (non-hydrogen) atoms. The van der Waals surface area contributed by atoms with Gasteiger partial charge in [-0.3, -0.25) is 4.99 Å². The van der Waals surface area contributed by atoms with Crippen molar-refractivity contribution in [2.45, 2.75) is 53.4 Å². The van der Waals surface area contributed by atoms with Gasteiger partial charge in [-0.2, -0.15) is 0 Å². The zero-order valence-corrected chi connectivity index (χ0v) is 14.9. The van der Waals surface area contributed by atoms with Gasteiger partial charge in [-0.15, -0.1) is 0 Å². The number of hydrogen-bond donors (Lipinski definition) is 2. The van der Waals surface area contributed by atoms with E-state index in [9.17, 15) is 8.42 Å². The second kappa shape index (κ2) is 11.8. The predicted molar refractivity (Wildman–Crippen MR) is 91.6 cm³/mol. The van der Waals surface area contributed by atoms with E-state index in [4.69, 9.17) is 0 Å². The highest BCUT2D eigenvalue weighted by atomic mass is 32.2. The van der Waals surface area contributed by atoms with Crippen LogP contribution in [0.15, 0.2) is 4.99 Å². The molecule has 0 aliphatic heterocycles. The molecular formula is C15H33N3O2S. The molecule has 0 aromatic heterocycles. The normalized spacial score (nSPS) is 14.0. The molecule has 0 radical (unpaired) electrons. The van der Waals surface area contributed by atoms with Crippen LogP contribution in [0.1, 0.15) is 53.4 Å². The summed E-state index contributed by atoms with van der Waals surface area (Å²) in [6.45, 7) is 10.1. The number of nitrogens with one attached hydrogen (secondary N) is 2. The van der Waals surface area contributed by atoms with Crippen LogP contribution >= 0.6 is 0 Å². The quantitative estimate of drug-likeness (QED) is 0.452. The smallest absolute Gasteiger partial charge is 0.191 e. The molecule has 1 atom stereocenters. The van der Waals surface area contributed by atoms with E-state index in [-0.39, 0.29) is 11.5 Å². The fraction of sp³-hybridized carbons (Fsp3) is 0.933. The molecule has 0 aliphatic carbocycles. The van der Waals surface area contributed by atoms with Crippen LogP contribution in [0.3, 0.4) is 0 Å². The van der Waals surface area contributed by atoms with Gasteiger partial charge in [-0.1, -0.05) is 40.0 Å². The van der Waals surface area contributed by atoms with Crippen molar-refractivity contribution in [3.05, 3.63) is 0 Å². The summed E-state index contributed by atoms with van der Waals surface area (Å²) in [6, 6.07) is 0. The van der Waals surface area contributed by atoms with Gasteiger partial charge in [-0.25, -0.2) is 8.42 Å². The van der Waals surface area contributed by atoms with Crippen LogP contribution in [0.25, 0.3) is 0 Å². The van der Waals surface area contributed by atoms with E-state index >= 15 is 0 Å². The molecule has 0 heterocycles. The number of nitrogens with zero attached hydrogens (tertiary/aromatic N) is 1. The van der Waals surface area contributed by atoms with Crippen molar-refractivity contribution >= 4 is 15.8 Å². The van der Waals surface area contributed by atoms with Crippen molar-refractivity contribution in [1.29, 1.82) is 0 Å². The highest BCUT2D eigenvalue weighted by Crippen LogP contribution is 2.12.